The molecule has 0 atom stereocenters. The number of amides is 1. The molecule has 1 aliphatic rings. The lowest BCUT2D eigenvalue weighted by Crippen LogP contribution is -2.26. The van der Waals surface area contributed by atoms with Crippen molar-refractivity contribution in [1.82, 2.24) is 15.2 Å². The maximum atomic E-state index is 13.1. The molecule has 0 radical (unpaired) electrons. The summed E-state index contributed by atoms with van der Waals surface area (Å²) in [6.45, 7) is 0.882. The van der Waals surface area contributed by atoms with Gasteiger partial charge >= 0.3 is 6.18 Å². The van der Waals surface area contributed by atoms with Gasteiger partial charge in [0.2, 0.25) is 5.89 Å². The van der Waals surface area contributed by atoms with Crippen molar-refractivity contribution in [3.8, 4) is 0 Å². The third-order valence-electron chi connectivity index (χ3n) is 5.04. The van der Waals surface area contributed by atoms with Crippen molar-refractivity contribution >= 4 is 17.5 Å². The molecule has 4 rings (SSSR count). The summed E-state index contributed by atoms with van der Waals surface area (Å²) in [6, 6.07) is 12.6. The Hall–Kier alpha value is -2.84. The first-order valence-corrected chi connectivity index (χ1v) is 10.5. The highest BCUT2D eigenvalue weighted by Crippen LogP contribution is 2.30. The number of benzene rings is 2. The lowest BCUT2D eigenvalue weighted by atomic mass is 10.1. The zero-order chi connectivity index (χ0) is 22.7. The van der Waals surface area contributed by atoms with E-state index in [4.69, 9.17) is 16.0 Å². The number of halogens is 4. The Morgan fingerprint density at radius 1 is 1.09 bits per heavy atom. The van der Waals surface area contributed by atoms with Gasteiger partial charge in [0.15, 0.2) is 5.69 Å². The molecule has 0 aliphatic heterocycles. The summed E-state index contributed by atoms with van der Waals surface area (Å²) in [5, 5.41) is 3.44. The molecular weight excluding hydrogens is 443 g/mol. The van der Waals surface area contributed by atoms with E-state index in [9.17, 15) is 18.0 Å². The Balaban J connectivity index is 1.51. The summed E-state index contributed by atoms with van der Waals surface area (Å²) in [5.41, 5.74) is 0.931. The lowest BCUT2D eigenvalue weighted by molar-refractivity contribution is -0.137. The summed E-state index contributed by atoms with van der Waals surface area (Å²) in [4.78, 5) is 18.3. The van der Waals surface area contributed by atoms with Crippen LogP contribution in [0.25, 0.3) is 0 Å². The van der Waals surface area contributed by atoms with Crippen molar-refractivity contribution in [2.24, 2.45) is 0 Å². The fourth-order valence-corrected chi connectivity index (χ4v) is 3.41. The minimum atomic E-state index is -4.41. The van der Waals surface area contributed by atoms with Crippen LogP contribution in [0.15, 0.2) is 59.2 Å². The van der Waals surface area contributed by atoms with Gasteiger partial charge in [-0.3, -0.25) is 9.69 Å². The first-order chi connectivity index (χ1) is 15.3. The van der Waals surface area contributed by atoms with E-state index < -0.39 is 11.7 Å². The van der Waals surface area contributed by atoms with Gasteiger partial charge in [0.05, 0.1) is 12.1 Å². The zero-order valence-corrected chi connectivity index (χ0v) is 17.8. The van der Waals surface area contributed by atoms with Crippen LogP contribution in [0.2, 0.25) is 5.02 Å². The van der Waals surface area contributed by atoms with Gasteiger partial charge in [-0.25, -0.2) is 4.98 Å². The minimum Gasteiger partial charge on any atom is -0.447 e. The molecule has 168 valence electrons. The number of aromatic nitrogens is 1. The molecule has 0 bridgehead atoms. The second-order valence-electron chi connectivity index (χ2n) is 7.84. The number of oxazole rings is 1. The Bertz CT molecular complexity index is 1080. The van der Waals surface area contributed by atoms with Crippen molar-refractivity contribution in [3.63, 3.8) is 0 Å². The molecule has 1 heterocycles. The van der Waals surface area contributed by atoms with E-state index in [-0.39, 0.29) is 30.7 Å². The van der Waals surface area contributed by atoms with Crippen LogP contribution in [0.3, 0.4) is 0 Å². The van der Waals surface area contributed by atoms with E-state index >= 15 is 0 Å². The predicted molar refractivity (Wildman–Crippen MR) is 113 cm³/mol. The van der Waals surface area contributed by atoms with E-state index in [2.05, 4.69) is 10.3 Å². The van der Waals surface area contributed by atoms with Crippen LogP contribution in [-0.4, -0.2) is 21.8 Å². The molecule has 1 amide bonds. The zero-order valence-electron chi connectivity index (χ0n) is 17.0. The van der Waals surface area contributed by atoms with Gasteiger partial charge in [0.1, 0.15) is 6.26 Å². The standard InChI is InChI=1S/C23H21ClF3N3O2/c24-18-6-4-15(5-7-18)11-30(12-16-2-1-3-17(10-16)23(25,26)27)13-21-29-20(14-32-21)22(31)28-19-8-9-19/h1-7,10,14,19H,8-9,11-13H2,(H,28,31). The molecular formula is C23H21ClF3N3O2. The van der Waals surface area contributed by atoms with E-state index in [0.29, 0.717) is 23.0 Å². The van der Waals surface area contributed by atoms with Crippen LogP contribution >= 0.6 is 11.6 Å². The first kappa shape index (κ1) is 22.4. The number of nitrogens with zero attached hydrogens (tertiary/aromatic N) is 2. The number of alkyl halides is 3. The van der Waals surface area contributed by atoms with Crippen molar-refractivity contribution in [2.75, 3.05) is 0 Å². The van der Waals surface area contributed by atoms with Crippen LogP contribution in [0, 0.1) is 0 Å². The summed E-state index contributed by atoms with van der Waals surface area (Å²) in [5.74, 6) is 0.0246. The smallest absolute Gasteiger partial charge is 0.416 e. The Kier molecular flexibility index (Phi) is 6.53. The van der Waals surface area contributed by atoms with Gasteiger partial charge in [-0.1, -0.05) is 41.9 Å². The van der Waals surface area contributed by atoms with Crippen LogP contribution in [0.5, 0.6) is 0 Å². The first-order valence-electron chi connectivity index (χ1n) is 10.1. The van der Waals surface area contributed by atoms with Gasteiger partial charge in [0, 0.05) is 24.2 Å². The molecule has 0 saturated heterocycles. The predicted octanol–water partition coefficient (Wildman–Crippen LogP) is 5.44. The van der Waals surface area contributed by atoms with Gasteiger partial charge in [-0.05, 0) is 42.2 Å². The molecule has 2 aromatic carbocycles. The molecule has 0 spiro atoms. The summed E-state index contributed by atoms with van der Waals surface area (Å²) in [6.07, 6.45) is -1.19. The molecule has 1 aliphatic carbocycles. The second kappa shape index (κ2) is 9.34. The number of carbonyl (C=O) groups excluding carboxylic acids is 1. The Morgan fingerprint density at radius 2 is 1.81 bits per heavy atom. The van der Waals surface area contributed by atoms with Crippen molar-refractivity contribution in [1.29, 1.82) is 0 Å². The minimum absolute atomic E-state index is 0.192. The summed E-state index contributed by atoms with van der Waals surface area (Å²) < 4.78 is 44.8. The van der Waals surface area contributed by atoms with Crippen LogP contribution in [0.1, 0.15) is 45.9 Å². The maximum absolute atomic E-state index is 13.1. The number of hydrogen-bond donors (Lipinski definition) is 1. The van der Waals surface area contributed by atoms with Gasteiger partial charge in [-0.15, -0.1) is 0 Å². The van der Waals surface area contributed by atoms with Gasteiger partial charge in [0.25, 0.3) is 5.91 Å². The number of nitrogens with one attached hydrogen (secondary N) is 1. The Morgan fingerprint density at radius 3 is 2.50 bits per heavy atom. The van der Waals surface area contributed by atoms with E-state index in [1.54, 1.807) is 18.2 Å². The quantitative estimate of drug-likeness (QED) is 0.483. The van der Waals surface area contributed by atoms with Crippen molar-refractivity contribution in [3.05, 3.63) is 88.1 Å². The highest BCUT2D eigenvalue weighted by molar-refractivity contribution is 6.30. The molecule has 3 aromatic rings. The van der Waals surface area contributed by atoms with E-state index in [0.717, 1.165) is 30.5 Å². The summed E-state index contributed by atoms with van der Waals surface area (Å²) in [7, 11) is 0. The number of hydrogen-bond acceptors (Lipinski definition) is 4. The monoisotopic (exact) mass is 463 g/mol. The van der Waals surface area contributed by atoms with E-state index in [1.165, 1.54) is 12.3 Å². The normalized spacial score (nSPS) is 14.0. The van der Waals surface area contributed by atoms with Crippen LogP contribution < -0.4 is 5.32 Å². The Labute approximate surface area is 188 Å². The average molecular weight is 464 g/mol. The molecule has 9 heteroatoms. The van der Waals surface area contributed by atoms with Gasteiger partial charge in [-0.2, -0.15) is 13.2 Å². The molecule has 5 nitrogen and oxygen atoms in total. The van der Waals surface area contributed by atoms with E-state index in [1.807, 2.05) is 17.0 Å². The molecule has 1 aromatic heterocycles. The lowest BCUT2D eigenvalue weighted by Gasteiger charge is -2.21. The topological polar surface area (TPSA) is 58.4 Å². The van der Waals surface area contributed by atoms with Crippen molar-refractivity contribution < 1.29 is 22.4 Å². The fraction of sp³-hybridized carbons (Fsp3) is 0.304. The number of rotatable bonds is 8. The largest absolute Gasteiger partial charge is 0.447 e. The molecule has 1 saturated carbocycles. The SMILES string of the molecule is O=C(NC1CC1)c1coc(CN(Cc2ccc(Cl)cc2)Cc2cccc(C(F)(F)F)c2)n1. The number of carbonyl (C=O) groups is 1. The highest BCUT2D eigenvalue weighted by atomic mass is 35.5. The fourth-order valence-electron chi connectivity index (χ4n) is 3.29. The second-order valence-corrected chi connectivity index (χ2v) is 8.28. The average Bonchev–Trinajstić information content (AvgIpc) is 3.43. The molecule has 32 heavy (non-hydrogen) atoms. The van der Waals surface area contributed by atoms with Crippen LogP contribution in [-0.2, 0) is 25.8 Å². The summed E-state index contributed by atoms with van der Waals surface area (Å²) >= 11 is 5.96. The third kappa shape index (κ3) is 6.11. The maximum Gasteiger partial charge on any atom is 0.416 e. The third-order valence-corrected chi connectivity index (χ3v) is 5.29. The van der Waals surface area contributed by atoms with Crippen LogP contribution in [0.4, 0.5) is 13.2 Å². The molecule has 1 fully saturated rings. The molecule has 0 unspecified atom stereocenters. The molecule has 1 N–H and O–H groups in total. The van der Waals surface area contributed by atoms with Crippen molar-refractivity contribution in [2.45, 2.75) is 44.7 Å². The highest BCUT2D eigenvalue weighted by Gasteiger charge is 2.30. The van der Waals surface area contributed by atoms with Gasteiger partial charge < -0.3 is 9.73 Å².